The molecular weight excluding hydrogens is 436 g/mol. The van der Waals surface area contributed by atoms with Crippen molar-refractivity contribution in [3.8, 4) is 0 Å². The van der Waals surface area contributed by atoms with E-state index in [2.05, 4.69) is 20.2 Å². The summed E-state index contributed by atoms with van der Waals surface area (Å²) in [7, 11) is 1.08. The number of nitrogens with zero attached hydrogens (tertiary/aromatic N) is 3. The van der Waals surface area contributed by atoms with E-state index in [1.54, 1.807) is 0 Å². The number of thioether (sulfide) groups is 1. The number of carboxylic acid groups (broad SMARTS) is 1. The van der Waals surface area contributed by atoms with Crippen LogP contribution in [0.3, 0.4) is 0 Å². The van der Waals surface area contributed by atoms with Crippen molar-refractivity contribution in [1.29, 1.82) is 0 Å². The summed E-state index contributed by atoms with van der Waals surface area (Å²) >= 11 is 1.18. The van der Waals surface area contributed by atoms with Gasteiger partial charge in [-0.25, -0.2) is 4.79 Å². The second kappa shape index (κ2) is 8.75. The van der Waals surface area contributed by atoms with E-state index >= 15 is 0 Å². The summed E-state index contributed by atoms with van der Waals surface area (Å²) in [6.07, 6.45) is 0. The lowest BCUT2D eigenvalue weighted by Gasteiger charge is -2.49. The standard InChI is InChI=1S/C17H18N4O9S/c1-6-18-13(30-20-6)9(17(27)28-3)12(23)19-10-14(24)21-11(16(25)26)8(4-29-7(2)22)5-31-15(10)21/h9-10,15H,4-5H2,1-3H3,(H,19,23)(H,25,26)/t9?,10-,15-/m1/s1. The predicted molar refractivity (Wildman–Crippen MR) is 100 cm³/mol. The van der Waals surface area contributed by atoms with Crippen molar-refractivity contribution in [3.05, 3.63) is 23.0 Å². The van der Waals surface area contributed by atoms with Crippen LogP contribution in [-0.2, 0) is 33.4 Å². The van der Waals surface area contributed by atoms with Gasteiger partial charge in [0.15, 0.2) is 5.82 Å². The first kappa shape index (κ1) is 22.3. The van der Waals surface area contributed by atoms with Crippen LogP contribution in [0.15, 0.2) is 15.8 Å². The Balaban J connectivity index is 1.78. The molecule has 1 unspecified atom stereocenters. The molecule has 13 nitrogen and oxygen atoms in total. The van der Waals surface area contributed by atoms with Crippen LogP contribution < -0.4 is 5.32 Å². The highest BCUT2D eigenvalue weighted by Crippen LogP contribution is 2.40. The average Bonchev–Trinajstić information content (AvgIpc) is 3.14. The minimum absolute atomic E-state index is 0.166. The quantitative estimate of drug-likeness (QED) is 0.290. The number of fused-ring (bicyclic) bond motifs is 1. The molecule has 3 heterocycles. The maximum atomic E-state index is 12.7. The van der Waals surface area contributed by atoms with Gasteiger partial charge in [-0.1, -0.05) is 5.16 Å². The van der Waals surface area contributed by atoms with E-state index in [1.807, 2.05) is 0 Å². The number of nitrogens with one attached hydrogen (secondary N) is 1. The highest BCUT2D eigenvalue weighted by atomic mass is 32.2. The highest BCUT2D eigenvalue weighted by molar-refractivity contribution is 8.00. The Kier molecular flexibility index (Phi) is 6.29. The van der Waals surface area contributed by atoms with Gasteiger partial charge in [-0.15, -0.1) is 11.8 Å². The second-order valence-electron chi connectivity index (χ2n) is 6.57. The number of aryl methyl sites for hydroxylation is 1. The number of hydrogen-bond donors (Lipinski definition) is 2. The van der Waals surface area contributed by atoms with Gasteiger partial charge in [0, 0.05) is 18.2 Å². The largest absolute Gasteiger partial charge is 0.477 e. The molecule has 31 heavy (non-hydrogen) atoms. The molecule has 166 valence electrons. The third-order valence-electron chi connectivity index (χ3n) is 4.49. The molecule has 2 aliphatic heterocycles. The van der Waals surface area contributed by atoms with Gasteiger partial charge in [0.1, 0.15) is 23.7 Å². The molecule has 2 aliphatic rings. The number of carboxylic acids is 1. The predicted octanol–water partition coefficient (Wildman–Crippen LogP) is -1.06. The van der Waals surface area contributed by atoms with Crippen LogP contribution in [0.25, 0.3) is 0 Å². The summed E-state index contributed by atoms with van der Waals surface area (Å²) < 4.78 is 14.4. The molecule has 0 saturated carbocycles. The smallest absolute Gasteiger partial charge is 0.352 e. The SMILES string of the molecule is COC(=O)C(C(=O)N[C@@H]1C(=O)N2C(C(=O)O)=C(COC(C)=O)CS[C@H]12)c1nc(C)no1. The Morgan fingerprint density at radius 3 is 2.65 bits per heavy atom. The molecule has 3 rings (SSSR count). The molecule has 0 spiro atoms. The summed E-state index contributed by atoms with van der Waals surface area (Å²) in [5.74, 6) is -6.02. The van der Waals surface area contributed by atoms with Crippen LogP contribution in [0.4, 0.5) is 0 Å². The maximum absolute atomic E-state index is 12.7. The molecule has 3 atom stereocenters. The third-order valence-corrected chi connectivity index (χ3v) is 5.83. The van der Waals surface area contributed by atoms with Gasteiger partial charge in [0.25, 0.3) is 11.8 Å². The number of rotatable bonds is 7. The van der Waals surface area contributed by atoms with E-state index in [0.717, 1.165) is 12.0 Å². The second-order valence-corrected chi connectivity index (χ2v) is 7.67. The van der Waals surface area contributed by atoms with Gasteiger partial charge in [0.05, 0.1) is 7.11 Å². The molecule has 1 aromatic heterocycles. The zero-order chi connectivity index (χ0) is 22.9. The molecular formula is C17H18N4O9S. The van der Waals surface area contributed by atoms with Gasteiger partial charge >= 0.3 is 17.9 Å². The Morgan fingerprint density at radius 2 is 2.10 bits per heavy atom. The fourth-order valence-electron chi connectivity index (χ4n) is 3.09. The molecule has 1 fully saturated rings. The number of esters is 2. The Labute approximate surface area is 179 Å². The minimum Gasteiger partial charge on any atom is -0.477 e. The summed E-state index contributed by atoms with van der Waals surface area (Å²) in [4.78, 5) is 65.1. The molecule has 14 heteroatoms. The van der Waals surface area contributed by atoms with E-state index in [1.165, 1.54) is 25.6 Å². The van der Waals surface area contributed by atoms with Gasteiger partial charge in [-0.2, -0.15) is 4.98 Å². The van der Waals surface area contributed by atoms with Crippen molar-refractivity contribution in [1.82, 2.24) is 20.4 Å². The van der Waals surface area contributed by atoms with Crippen molar-refractivity contribution < 1.29 is 43.1 Å². The van der Waals surface area contributed by atoms with Crippen molar-refractivity contribution in [2.75, 3.05) is 19.5 Å². The topological polar surface area (TPSA) is 178 Å². The van der Waals surface area contributed by atoms with Gasteiger partial charge < -0.3 is 24.4 Å². The van der Waals surface area contributed by atoms with Crippen LogP contribution in [0.5, 0.6) is 0 Å². The number of aromatic nitrogens is 2. The molecule has 0 aromatic carbocycles. The fourth-order valence-corrected chi connectivity index (χ4v) is 4.42. The molecule has 0 aliphatic carbocycles. The summed E-state index contributed by atoms with van der Waals surface area (Å²) in [5, 5.41) is 14.8. The molecule has 0 radical (unpaired) electrons. The maximum Gasteiger partial charge on any atom is 0.352 e. The van der Waals surface area contributed by atoms with Crippen LogP contribution in [0.1, 0.15) is 24.6 Å². The van der Waals surface area contributed by atoms with Crippen molar-refractivity contribution >= 4 is 41.5 Å². The van der Waals surface area contributed by atoms with Gasteiger partial charge in [-0.3, -0.25) is 24.1 Å². The monoisotopic (exact) mass is 454 g/mol. The average molecular weight is 454 g/mol. The lowest BCUT2D eigenvalue weighted by molar-refractivity contribution is -0.153. The Morgan fingerprint density at radius 1 is 1.39 bits per heavy atom. The highest BCUT2D eigenvalue weighted by Gasteiger charge is 2.55. The molecule has 0 bridgehead atoms. The number of ether oxygens (including phenoxy) is 2. The zero-order valence-electron chi connectivity index (χ0n) is 16.6. The van der Waals surface area contributed by atoms with E-state index in [0.29, 0.717) is 0 Å². The first-order valence-electron chi connectivity index (χ1n) is 8.87. The summed E-state index contributed by atoms with van der Waals surface area (Å²) in [6, 6.07) is -1.08. The number of methoxy groups -OCH3 is 1. The van der Waals surface area contributed by atoms with Crippen molar-refractivity contribution in [3.63, 3.8) is 0 Å². The number of aliphatic carboxylic acids is 1. The van der Waals surface area contributed by atoms with Crippen LogP contribution in [0.2, 0.25) is 0 Å². The van der Waals surface area contributed by atoms with Crippen molar-refractivity contribution in [2.45, 2.75) is 31.2 Å². The van der Waals surface area contributed by atoms with E-state index in [9.17, 15) is 29.1 Å². The molecule has 2 N–H and O–H groups in total. The number of carbonyl (C=O) groups excluding carboxylic acids is 4. The van der Waals surface area contributed by atoms with Gasteiger partial charge in [0.2, 0.25) is 11.8 Å². The van der Waals surface area contributed by atoms with Gasteiger partial charge in [-0.05, 0) is 6.92 Å². The van der Waals surface area contributed by atoms with E-state index in [-0.39, 0.29) is 35.3 Å². The minimum atomic E-state index is -1.59. The Hall–Kier alpha value is -3.42. The molecule has 1 aromatic rings. The normalized spacial score (nSPS) is 21.0. The number of carbonyl (C=O) groups is 5. The first-order valence-corrected chi connectivity index (χ1v) is 9.92. The van der Waals surface area contributed by atoms with Crippen LogP contribution in [-0.4, -0.2) is 80.8 Å². The lowest BCUT2D eigenvalue weighted by atomic mass is 10.0. The lowest BCUT2D eigenvalue weighted by Crippen LogP contribution is -2.71. The summed E-state index contributed by atoms with van der Waals surface area (Å²) in [6.45, 7) is 2.42. The van der Waals surface area contributed by atoms with E-state index < -0.39 is 47.1 Å². The van der Waals surface area contributed by atoms with E-state index in [4.69, 9.17) is 9.26 Å². The Bertz CT molecular complexity index is 988. The summed E-state index contributed by atoms with van der Waals surface area (Å²) in [5.41, 5.74) is -0.0339. The fraction of sp³-hybridized carbons (Fsp3) is 0.471. The molecule has 1 saturated heterocycles. The number of amides is 2. The first-order chi connectivity index (χ1) is 14.6. The van der Waals surface area contributed by atoms with Crippen LogP contribution >= 0.6 is 11.8 Å². The number of hydrogen-bond acceptors (Lipinski definition) is 11. The molecule has 2 amide bonds. The van der Waals surface area contributed by atoms with Crippen LogP contribution in [0, 0.1) is 6.92 Å². The third kappa shape index (κ3) is 4.23. The zero-order valence-corrected chi connectivity index (χ0v) is 17.4. The van der Waals surface area contributed by atoms with Crippen molar-refractivity contribution in [2.24, 2.45) is 0 Å². The number of β-lactam (4-membered cyclic amide) rings is 1.